The van der Waals surface area contributed by atoms with Crippen LogP contribution in [-0.4, -0.2) is 25.5 Å². The fourth-order valence-corrected chi connectivity index (χ4v) is 1.70. The number of rotatable bonds is 4. The molecule has 0 radical (unpaired) electrons. The molecule has 8 heteroatoms. The van der Waals surface area contributed by atoms with Crippen molar-refractivity contribution in [1.29, 1.82) is 0 Å². The van der Waals surface area contributed by atoms with Crippen molar-refractivity contribution in [1.82, 2.24) is 0 Å². The number of nitrogens with one attached hydrogen (secondary N) is 1. The molecule has 0 aromatic heterocycles. The van der Waals surface area contributed by atoms with E-state index in [1.165, 1.54) is 6.07 Å². The molecule has 0 amide bonds. The van der Waals surface area contributed by atoms with Gasteiger partial charge in [-0.2, -0.15) is 8.42 Å². The summed E-state index contributed by atoms with van der Waals surface area (Å²) < 4.78 is 30.4. The number of hydrogen-bond acceptors (Lipinski definition) is 5. The van der Waals surface area contributed by atoms with E-state index in [-0.39, 0.29) is 62.6 Å². The molecule has 0 aliphatic carbocycles. The predicted octanol–water partition coefficient (Wildman–Crippen LogP) is -3.27. The molecule has 0 aliphatic heterocycles. The Balaban J connectivity index is 0.00000256. The van der Waals surface area contributed by atoms with Crippen molar-refractivity contribution in [3.63, 3.8) is 0 Å². The second-order valence-electron chi connectivity index (χ2n) is 3.00. The van der Waals surface area contributed by atoms with E-state index in [9.17, 15) is 18.3 Å². The van der Waals surface area contributed by atoms with Gasteiger partial charge in [0, 0.05) is 17.8 Å². The van der Waals surface area contributed by atoms with Crippen molar-refractivity contribution in [2.45, 2.75) is 11.8 Å². The molecule has 1 aromatic rings. The summed E-state index contributed by atoms with van der Waals surface area (Å²) in [7, 11) is -4.41. The maximum atomic E-state index is 10.8. The van der Waals surface area contributed by atoms with Crippen molar-refractivity contribution >= 4 is 21.8 Å². The van der Waals surface area contributed by atoms with E-state index in [0.29, 0.717) is 6.54 Å². The summed E-state index contributed by atoms with van der Waals surface area (Å²) in [5.74, 6) is -1.51. The van der Waals surface area contributed by atoms with Crippen LogP contribution in [0.3, 0.4) is 0 Å². The smallest absolute Gasteiger partial charge is 0.545 e. The summed E-state index contributed by atoms with van der Waals surface area (Å²) in [6.45, 7) is 2.24. The number of carbonyl (C=O) groups excluding carboxylic acids is 1. The molecule has 2 N–H and O–H groups in total. The molecule has 88 valence electrons. The van der Waals surface area contributed by atoms with Crippen LogP contribution in [0.25, 0.3) is 0 Å². The molecule has 0 fully saturated rings. The van der Waals surface area contributed by atoms with Gasteiger partial charge in [0.05, 0.1) is 10.9 Å². The number of anilines is 1. The van der Waals surface area contributed by atoms with Gasteiger partial charge < -0.3 is 15.2 Å². The molecule has 0 bridgehead atoms. The standard InChI is InChI=1S/C9H11NO5S.K/c1-2-10-8-4-3-6(16(13,14)15)5-7(8)9(11)12;/h3-5,10H,2H2,1H3,(H,11,12)(H,13,14,15);/q;+1/p-1. The van der Waals surface area contributed by atoms with E-state index < -0.39 is 21.0 Å². The summed E-state index contributed by atoms with van der Waals surface area (Å²) in [5.41, 5.74) is -0.0631. The van der Waals surface area contributed by atoms with Crippen LogP contribution < -0.4 is 61.8 Å². The van der Waals surface area contributed by atoms with Crippen LogP contribution in [0.4, 0.5) is 5.69 Å². The molecule has 0 aliphatic rings. The first kappa shape index (κ1) is 17.0. The number of hydrogen-bond donors (Lipinski definition) is 2. The molecule has 0 saturated heterocycles. The van der Waals surface area contributed by atoms with Crippen molar-refractivity contribution in [3.8, 4) is 0 Å². The number of aromatic carboxylic acids is 1. The molecular formula is C9H10KNO5S. The minimum atomic E-state index is -4.41. The van der Waals surface area contributed by atoms with Crippen LogP contribution in [0.2, 0.25) is 0 Å². The van der Waals surface area contributed by atoms with Crippen LogP contribution in [0.5, 0.6) is 0 Å². The Morgan fingerprint density at radius 3 is 2.47 bits per heavy atom. The Morgan fingerprint density at radius 1 is 1.47 bits per heavy atom. The van der Waals surface area contributed by atoms with Gasteiger partial charge in [-0.15, -0.1) is 0 Å². The van der Waals surface area contributed by atoms with Gasteiger partial charge in [-0.1, -0.05) is 0 Å². The molecule has 1 aromatic carbocycles. The van der Waals surface area contributed by atoms with Crippen LogP contribution >= 0.6 is 0 Å². The molecule has 6 nitrogen and oxygen atoms in total. The van der Waals surface area contributed by atoms with Crippen molar-refractivity contribution in [3.05, 3.63) is 23.8 Å². The quantitative estimate of drug-likeness (QED) is 0.444. The first-order valence-electron chi connectivity index (χ1n) is 4.43. The van der Waals surface area contributed by atoms with Gasteiger partial charge >= 0.3 is 51.4 Å². The Morgan fingerprint density at radius 2 is 2.06 bits per heavy atom. The molecular weight excluding hydrogens is 273 g/mol. The maximum absolute atomic E-state index is 10.8. The van der Waals surface area contributed by atoms with Gasteiger partial charge in [0.1, 0.15) is 0 Å². The normalized spacial score (nSPS) is 10.5. The van der Waals surface area contributed by atoms with E-state index in [1.54, 1.807) is 6.92 Å². The molecule has 0 spiro atoms. The van der Waals surface area contributed by atoms with Gasteiger partial charge in [-0.25, -0.2) is 0 Å². The fraction of sp³-hybridized carbons (Fsp3) is 0.222. The van der Waals surface area contributed by atoms with Crippen molar-refractivity contribution < 1.29 is 74.3 Å². The van der Waals surface area contributed by atoms with Crippen molar-refractivity contribution in [2.24, 2.45) is 0 Å². The summed E-state index contributed by atoms with van der Waals surface area (Å²) >= 11 is 0. The minimum Gasteiger partial charge on any atom is -0.545 e. The fourth-order valence-electron chi connectivity index (χ4n) is 1.20. The zero-order valence-corrected chi connectivity index (χ0v) is 13.4. The third-order valence-electron chi connectivity index (χ3n) is 1.88. The summed E-state index contributed by atoms with van der Waals surface area (Å²) in [6, 6.07) is 3.22. The van der Waals surface area contributed by atoms with Gasteiger partial charge in [-0.05, 0) is 25.1 Å². The van der Waals surface area contributed by atoms with E-state index >= 15 is 0 Å². The summed E-state index contributed by atoms with van der Waals surface area (Å²) in [4.78, 5) is 10.3. The third kappa shape index (κ3) is 4.66. The average Bonchev–Trinajstić information content (AvgIpc) is 2.16. The average molecular weight is 283 g/mol. The molecule has 0 saturated carbocycles. The SMILES string of the molecule is CCNc1ccc(S(=O)(=O)O)cc1C(=O)[O-].[K+]. The first-order valence-corrected chi connectivity index (χ1v) is 5.87. The van der Waals surface area contributed by atoms with Gasteiger partial charge in [-0.3, -0.25) is 4.55 Å². The first-order chi connectivity index (χ1) is 7.36. The zero-order chi connectivity index (χ0) is 12.3. The monoisotopic (exact) mass is 283 g/mol. The van der Waals surface area contributed by atoms with E-state index in [1.807, 2.05) is 0 Å². The Hall–Kier alpha value is 0.0364. The van der Waals surface area contributed by atoms with Crippen molar-refractivity contribution in [2.75, 3.05) is 11.9 Å². The topological polar surface area (TPSA) is 107 Å². The second-order valence-corrected chi connectivity index (χ2v) is 4.42. The number of benzene rings is 1. The van der Waals surface area contributed by atoms with Crippen LogP contribution in [-0.2, 0) is 10.1 Å². The molecule has 0 heterocycles. The Labute approximate surface area is 142 Å². The predicted molar refractivity (Wildman–Crippen MR) is 54.8 cm³/mol. The van der Waals surface area contributed by atoms with Crippen LogP contribution in [0.15, 0.2) is 23.1 Å². The van der Waals surface area contributed by atoms with E-state index in [4.69, 9.17) is 4.55 Å². The maximum Gasteiger partial charge on any atom is 1.00 e. The largest absolute Gasteiger partial charge is 1.00 e. The zero-order valence-electron chi connectivity index (χ0n) is 9.43. The molecule has 0 unspecified atom stereocenters. The van der Waals surface area contributed by atoms with Crippen LogP contribution in [0.1, 0.15) is 17.3 Å². The summed E-state index contributed by atoms with van der Waals surface area (Å²) in [6.07, 6.45) is 0. The number of carbonyl (C=O) groups is 1. The molecule has 0 atom stereocenters. The van der Waals surface area contributed by atoms with Crippen LogP contribution in [0, 0.1) is 0 Å². The van der Waals surface area contributed by atoms with E-state index in [0.717, 1.165) is 12.1 Å². The molecule has 17 heavy (non-hydrogen) atoms. The van der Waals surface area contributed by atoms with Gasteiger partial charge in [0.15, 0.2) is 0 Å². The minimum absolute atomic E-state index is 0. The third-order valence-corrected chi connectivity index (χ3v) is 2.73. The summed E-state index contributed by atoms with van der Waals surface area (Å²) in [5, 5.41) is 13.5. The number of carboxylic acid groups (broad SMARTS) is 1. The Bertz CT molecular complexity index is 514. The molecule has 1 rings (SSSR count). The number of carboxylic acids is 1. The Kier molecular flexibility index (Phi) is 6.85. The van der Waals surface area contributed by atoms with Gasteiger partial charge in [0.2, 0.25) is 0 Å². The van der Waals surface area contributed by atoms with Gasteiger partial charge in [0.25, 0.3) is 10.1 Å². The second kappa shape index (κ2) is 6.83. The van der Waals surface area contributed by atoms with E-state index in [2.05, 4.69) is 5.32 Å².